The molecule has 4 atom stereocenters. The number of fused-ring (bicyclic) bond motifs is 8. The van der Waals surface area contributed by atoms with Gasteiger partial charge in [0.1, 0.15) is 25.9 Å². The lowest BCUT2D eigenvalue weighted by Crippen LogP contribution is -2.44. The summed E-state index contributed by atoms with van der Waals surface area (Å²) in [5.41, 5.74) is 7.75. The number of aliphatic imine (C=N–C) groups is 1. The summed E-state index contributed by atoms with van der Waals surface area (Å²) in [4.78, 5) is 77.9. The molecule has 5 aromatic carbocycles. The van der Waals surface area contributed by atoms with Crippen LogP contribution in [0.4, 0.5) is 28.4 Å². The van der Waals surface area contributed by atoms with Crippen LogP contribution in [0.5, 0.6) is 23.0 Å². The van der Waals surface area contributed by atoms with E-state index in [1.165, 1.54) is 35.8 Å². The monoisotopic (exact) mass is 1020 g/mol. The molecule has 374 valence electrons. The largest absolute Gasteiger partial charge is 0.493 e. The van der Waals surface area contributed by atoms with Crippen molar-refractivity contribution in [1.82, 2.24) is 5.32 Å². The highest BCUT2D eigenvalue weighted by Crippen LogP contribution is 2.43. The lowest BCUT2D eigenvalue weighted by Gasteiger charge is -2.22. The fourth-order valence-corrected chi connectivity index (χ4v) is 11.8. The zero-order chi connectivity index (χ0) is 50.5. The highest BCUT2D eigenvalue weighted by Gasteiger charge is 2.39. The molecule has 0 radical (unpaired) electrons. The highest BCUT2D eigenvalue weighted by molar-refractivity contribution is 8.76. The molecule has 0 saturated carbocycles. The summed E-state index contributed by atoms with van der Waals surface area (Å²) in [5, 5.41) is 18.4. The number of nitrogens with one attached hydrogen (secondary N) is 3. The van der Waals surface area contributed by atoms with Gasteiger partial charge in [-0.3, -0.25) is 33.9 Å². The van der Waals surface area contributed by atoms with Crippen LogP contribution in [0.2, 0.25) is 0 Å². The third kappa shape index (κ3) is 10.8. The number of rotatable bonds is 20. The minimum atomic E-state index is -1.19. The highest BCUT2D eigenvalue weighted by atomic mass is 33.1. The molecular weight excluding hydrogens is 963 g/mol. The number of carbonyl (C=O) groups is 5. The third-order valence-electron chi connectivity index (χ3n) is 12.7. The van der Waals surface area contributed by atoms with Crippen molar-refractivity contribution in [2.24, 2.45) is 10.9 Å². The van der Waals surface area contributed by atoms with Gasteiger partial charge in [0, 0.05) is 65.8 Å². The van der Waals surface area contributed by atoms with E-state index < -0.39 is 24.5 Å². The van der Waals surface area contributed by atoms with Crippen LogP contribution in [0.15, 0.2) is 96.0 Å². The summed E-state index contributed by atoms with van der Waals surface area (Å²) < 4.78 is 24.4. The van der Waals surface area contributed by atoms with Crippen molar-refractivity contribution in [3.8, 4) is 23.0 Å². The van der Waals surface area contributed by atoms with Crippen molar-refractivity contribution >= 4 is 85.8 Å². The molecule has 4 aliphatic rings. The number of carbonyl (C=O) groups excluding carboxylic acids is 4. The summed E-state index contributed by atoms with van der Waals surface area (Å²) in [7, 11) is 5.71. The number of hydrogen-bond acceptors (Lipinski definition) is 15. The van der Waals surface area contributed by atoms with Gasteiger partial charge in [-0.2, -0.15) is 0 Å². The molecule has 9 rings (SSSR count). The van der Waals surface area contributed by atoms with Gasteiger partial charge in [0.25, 0.3) is 11.8 Å². The normalized spacial score (nSPS) is 16.8. The second-order valence-corrected chi connectivity index (χ2v) is 20.5. The van der Waals surface area contributed by atoms with Crippen molar-refractivity contribution < 1.29 is 52.9 Å². The van der Waals surface area contributed by atoms with Crippen LogP contribution in [-0.2, 0) is 45.3 Å². The maximum absolute atomic E-state index is 14.1. The SMILES string of the molecule is COc1cc2c(cc1OCc1cc(COc3cc4c(cc3OC)C(=O)N3c5ccccc5CC3CN4)cc(NC(=O)CCC(C)SSCC(NC(=O)CON)C(=O)O)c1)N=C[C@@H]1Cc3ccccc3N1C2=O. The molecule has 18 nitrogen and oxygen atoms in total. The van der Waals surface area contributed by atoms with Crippen molar-refractivity contribution in [1.29, 1.82) is 0 Å². The molecule has 4 aliphatic heterocycles. The molecule has 0 saturated heterocycles. The van der Waals surface area contributed by atoms with Gasteiger partial charge in [0.2, 0.25) is 11.8 Å². The Bertz CT molecular complexity index is 2960. The van der Waals surface area contributed by atoms with E-state index in [0.717, 1.165) is 28.9 Å². The number of benzene rings is 5. The van der Waals surface area contributed by atoms with E-state index in [-0.39, 0.29) is 60.4 Å². The predicted octanol–water partition coefficient (Wildman–Crippen LogP) is 7.09. The molecule has 0 spiro atoms. The lowest BCUT2D eigenvalue weighted by atomic mass is 10.1. The zero-order valence-corrected chi connectivity index (χ0v) is 41.3. The predicted molar refractivity (Wildman–Crippen MR) is 276 cm³/mol. The van der Waals surface area contributed by atoms with E-state index in [1.54, 1.807) is 41.4 Å². The number of carboxylic acids is 1. The number of nitrogens with two attached hydrogens (primary N) is 1. The topological polar surface area (TPSA) is 233 Å². The quantitative estimate of drug-likeness (QED) is 0.0387. The Hall–Kier alpha value is -7.26. The maximum atomic E-state index is 14.1. The van der Waals surface area contributed by atoms with Crippen LogP contribution < -0.4 is 50.6 Å². The summed E-state index contributed by atoms with van der Waals surface area (Å²) >= 11 is 0. The minimum Gasteiger partial charge on any atom is -0.493 e. The molecule has 0 aromatic heterocycles. The number of para-hydroxylation sites is 2. The van der Waals surface area contributed by atoms with Crippen molar-refractivity contribution in [2.75, 3.05) is 53.6 Å². The van der Waals surface area contributed by atoms with Gasteiger partial charge < -0.3 is 44.9 Å². The number of amides is 4. The Morgan fingerprint density at radius 2 is 1.46 bits per heavy atom. The Kier molecular flexibility index (Phi) is 15.2. The van der Waals surface area contributed by atoms with E-state index >= 15 is 0 Å². The summed E-state index contributed by atoms with van der Waals surface area (Å²) in [5.74, 6) is 4.11. The molecular formula is C52H53N7O11S2. The lowest BCUT2D eigenvalue weighted by molar-refractivity contribution is -0.141. The average molecular weight is 1020 g/mol. The third-order valence-corrected chi connectivity index (χ3v) is 15.7. The first-order chi connectivity index (χ1) is 34.9. The van der Waals surface area contributed by atoms with Crippen LogP contribution in [0.1, 0.15) is 62.7 Å². The van der Waals surface area contributed by atoms with Crippen LogP contribution in [0.3, 0.4) is 0 Å². The number of ether oxygens (including phenoxy) is 4. The van der Waals surface area contributed by atoms with Crippen LogP contribution in [0.25, 0.3) is 0 Å². The van der Waals surface area contributed by atoms with Gasteiger partial charge >= 0.3 is 5.97 Å². The summed E-state index contributed by atoms with van der Waals surface area (Å²) in [6.45, 7) is 2.09. The Balaban J connectivity index is 0.919. The first-order valence-electron chi connectivity index (χ1n) is 23.3. The number of methoxy groups -OCH3 is 2. The number of hydrogen-bond donors (Lipinski definition) is 5. The first kappa shape index (κ1) is 49.7. The number of carboxylic acid groups (broad SMARTS) is 1. The first-order valence-corrected chi connectivity index (χ1v) is 25.6. The van der Waals surface area contributed by atoms with Gasteiger partial charge in [-0.25, -0.2) is 10.7 Å². The van der Waals surface area contributed by atoms with E-state index in [2.05, 4.69) is 26.9 Å². The Labute approximate surface area is 423 Å². The van der Waals surface area contributed by atoms with E-state index in [1.807, 2.05) is 66.4 Å². The second kappa shape index (κ2) is 22.0. The molecule has 5 aromatic rings. The van der Waals surface area contributed by atoms with Crippen LogP contribution >= 0.6 is 21.6 Å². The van der Waals surface area contributed by atoms with E-state index in [9.17, 15) is 29.1 Å². The molecule has 4 heterocycles. The standard InChI is InChI=1S/C52H53N7O11S2/c1-29(72-71-28-41(52(64)65)57-49(61)27-70-53)12-13-48(60)56-34-15-30(25-68-46-21-39-37(19-44(46)66-2)50(62)58-35(23-54-39)17-32-8-4-6-10-42(32)58)14-31(16-34)26-69-47-22-40-38(20-45(47)67-3)51(63)59-36(24-55-40)18-33-9-5-7-11-43(33)59/h4-11,14-16,19-23,29,35-36,41,55H,12-13,17-18,24-28,53H2,1-3H3,(H,56,60)(H,57,61)(H,64,65)/t29?,35-,36?,41?/m0/s1. The molecule has 20 heteroatoms. The number of anilines is 4. The Morgan fingerprint density at radius 3 is 2.14 bits per heavy atom. The molecule has 3 unspecified atom stereocenters. The molecule has 4 amide bonds. The van der Waals surface area contributed by atoms with E-state index in [0.29, 0.717) is 81.7 Å². The van der Waals surface area contributed by atoms with Crippen LogP contribution in [0, 0.1) is 0 Å². The molecule has 72 heavy (non-hydrogen) atoms. The van der Waals surface area contributed by atoms with Crippen molar-refractivity contribution in [2.45, 2.75) is 69.2 Å². The van der Waals surface area contributed by atoms with Gasteiger partial charge in [0.05, 0.1) is 48.8 Å². The summed E-state index contributed by atoms with van der Waals surface area (Å²) in [6.07, 6.45) is 3.82. The minimum absolute atomic E-state index is 0.0303. The molecule has 0 bridgehead atoms. The number of nitrogens with zero attached hydrogens (tertiary/aromatic N) is 3. The van der Waals surface area contributed by atoms with E-state index in [4.69, 9.17) is 29.8 Å². The van der Waals surface area contributed by atoms with Gasteiger partial charge in [-0.1, -0.05) is 64.9 Å². The maximum Gasteiger partial charge on any atom is 0.327 e. The average Bonchev–Trinajstić information content (AvgIpc) is 3.87. The van der Waals surface area contributed by atoms with Crippen molar-refractivity contribution in [3.05, 3.63) is 124 Å². The van der Waals surface area contributed by atoms with Gasteiger partial charge in [-0.05, 0) is 77.6 Å². The second-order valence-electron chi connectivity index (χ2n) is 17.6. The zero-order valence-electron chi connectivity index (χ0n) is 39.7. The molecule has 0 fully saturated rings. The number of aliphatic carboxylic acids is 1. The fourth-order valence-electron chi connectivity index (χ4n) is 9.24. The summed E-state index contributed by atoms with van der Waals surface area (Å²) in [6, 6.07) is 26.7. The smallest absolute Gasteiger partial charge is 0.327 e. The van der Waals surface area contributed by atoms with Crippen molar-refractivity contribution in [3.63, 3.8) is 0 Å². The fraction of sp³-hybridized carbons (Fsp3) is 0.308. The molecule has 6 N–H and O–H groups in total. The van der Waals surface area contributed by atoms with Crippen LogP contribution in [-0.4, -0.2) is 97.4 Å². The van der Waals surface area contributed by atoms with Gasteiger partial charge in [-0.15, -0.1) is 0 Å². The Morgan fingerprint density at radius 1 is 0.819 bits per heavy atom. The van der Waals surface area contributed by atoms with Gasteiger partial charge in [0.15, 0.2) is 23.0 Å². The molecule has 0 aliphatic carbocycles.